The van der Waals surface area contributed by atoms with Crippen molar-refractivity contribution in [1.29, 1.82) is 0 Å². The molecule has 0 saturated heterocycles. The Morgan fingerprint density at radius 3 is 2.21 bits per heavy atom. The third-order valence-corrected chi connectivity index (χ3v) is 4.35. The van der Waals surface area contributed by atoms with Gasteiger partial charge in [0.25, 0.3) is 5.91 Å². The van der Waals surface area contributed by atoms with Crippen molar-refractivity contribution in [2.45, 2.75) is 38.6 Å². The molecule has 0 aromatic heterocycles. The molecule has 0 saturated carbocycles. The number of carbonyl (C=O) groups excluding carboxylic acids is 2. The number of benzene rings is 2. The van der Waals surface area contributed by atoms with E-state index in [1.54, 1.807) is 12.1 Å². The number of hydrogen-bond donors (Lipinski definition) is 3. The van der Waals surface area contributed by atoms with Crippen LogP contribution in [0.3, 0.4) is 0 Å². The standard InChI is InChI=1S/C22H26N2O4/c1-2-3-15-23-22(28)19(13-14-20(25)26)24-21(27)18-11-9-17(10-12-18)16-7-5-4-6-8-16/h4-12,19H,2-3,13-15H2,1H3,(H,23,28)(H,24,27)(H,25,26)/t19-/m0/s1. The third-order valence-electron chi connectivity index (χ3n) is 4.35. The van der Waals surface area contributed by atoms with E-state index in [1.807, 2.05) is 49.4 Å². The molecule has 0 spiro atoms. The number of rotatable bonds is 10. The van der Waals surface area contributed by atoms with Crippen LogP contribution in [0.5, 0.6) is 0 Å². The highest BCUT2D eigenvalue weighted by molar-refractivity contribution is 5.98. The Morgan fingerprint density at radius 1 is 0.964 bits per heavy atom. The van der Waals surface area contributed by atoms with Gasteiger partial charge in [-0.05, 0) is 36.1 Å². The van der Waals surface area contributed by atoms with Gasteiger partial charge in [0.05, 0.1) is 0 Å². The van der Waals surface area contributed by atoms with E-state index in [2.05, 4.69) is 10.6 Å². The zero-order valence-corrected chi connectivity index (χ0v) is 16.0. The maximum Gasteiger partial charge on any atom is 0.303 e. The minimum Gasteiger partial charge on any atom is -0.481 e. The average Bonchev–Trinajstić information content (AvgIpc) is 2.71. The first kappa shape index (κ1) is 21.2. The highest BCUT2D eigenvalue weighted by Gasteiger charge is 2.22. The summed E-state index contributed by atoms with van der Waals surface area (Å²) < 4.78 is 0. The number of hydrogen-bond acceptors (Lipinski definition) is 3. The first-order chi connectivity index (χ1) is 13.5. The van der Waals surface area contributed by atoms with Gasteiger partial charge in [-0.3, -0.25) is 14.4 Å². The Hall–Kier alpha value is -3.15. The van der Waals surface area contributed by atoms with Gasteiger partial charge >= 0.3 is 5.97 Å². The van der Waals surface area contributed by atoms with E-state index in [-0.39, 0.29) is 18.7 Å². The van der Waals surface area contributed by atoms with E-state index in [4.69, 9.17) is 5.11 Å². The second kappa shape index (κ2) is 10.9. The Morgan fingerprint density at radius 2 is 1.61 bits per heavy atom. The molecule has 2 rings (SSSR count). The van der Waals surface area contributed by atoms with Crippen LogP contribution in [0.4, 0.5) is 0 Å². The van der Waals surface area contributed by atoms with Crippen molar-refractivity contribution in [3.63, 3.8) is 0 Å². The summed E-state index contributed by atoms with van der Waals surface area (Å²) in [6, 6.07) is 16.0. The lowest BCUT2D eigenvalue weighted by Gasteiger charge is -2.18. The Kier molecular flexibility index (Phi) is 8.21. The topological polar surface area (TPSA) is 95.5 Å². The molecular weight excluding hydrogens is 356 g/mol. The molecule has 2 aromatic rings. The van der Waals surface area contributed by atoms with Gasteiger partial charge in [0, 0.05) is 18.5 Å². The van der Waals surface area contributed by atoms with Crippen LogP contribution in [0.1, 0.15) is 43.0 Å². The van der Waals surface area contributed by atoms with Crippen molar-refractivity contribution < 1.29 is 19.5 Å². The van der Waals surface area contributed by atoms with Crippen LogP contribution in [0, 0.1) is 0 Å². The summed E-state index contributed by atoms with van der Waals surface area (Å²) in [5, 5.41) is 14.3. The van der Waals surface area contributed by atoms with E-state index in [0.29, 0.717) is 12.1 Å². The van der Waals surface area contributed by atoms with Crippen molar-refractivity contribution in [1.82, 2.24) is 10.6 Å². The number of carboxylic acids is 1. The fraction of sp³-hybridized carbons (Fsp3) is 0.318. The van der Waals surface area contributed by atoms with Gasteiger partial charge in [0.15, 0.2) is 0 Å². The smallest absolute Gasteiger partial charge is 0.303 e. The number of carbonyl (C=O) groups is 3. The first-order valence-electron chi connectivity index (χ1n) is 9.47. The normalized spacial score (nSPS) is 11.5. The Balaban J connectivity index is 2.04. The van der Waals surface area contributed by atoms with Crippen molar-refractivity contribution in [2.24, 2.45) is 0 Å². The summed E-state index contributed by atoms with van der Waals surface area (Å²) in [6.07, 6.45) is 1.60. The maximum absolute atomic E-state index is 12.5. The number of unbranched alkanes of at least 4 members (excludes halogenated alkanes) is 1. The van der Waals surface area contributed by atoms with Gasteiger partial charge in [-0.15, -0.1) is 0 Å². The molecule has 28 heavy (non-hydrogen) atoms. The van der Waals surface area contributed by atoms with E-state index in [0.717, 1.165) is 24.0 Å². The predicted octanol–water partition coefficient (Wildman–Crippen LogP) is 3.23. The van der Waals surface area contributed by atoms with Crippen LogP contribution in [0.2, 0.25) is 0 Å². The molecule has 1 atom stereocenters. The molecule has 3 N–H and O–H groups in total. The highest BCUT2D eigenvalue weighted by atomic mass is 16.4. The summed E-state index contributed by atoms with van der Waals surface area (Å²) in [4.78, 5) is 35.7. The number of amides is 2. The van der Waals surface area contributed by atoms with E-state index in [9.17, 15) is 14.4 Å². The van der Waals surface area contributed by atoms with Crippen molar-refractivity contribution >= 4 is 17.8 Å². The number of nitrogens with one attached hydrogen (secondary N) is 2. The Bertz CT molecular complexity index is 788. The summed E-state index contributed by atoms with van der Waals surface area (Å²) in [5.74, 6) is -1.77. The monoisotopic (exact) mass is 382 g/mol. The molecule has 6 nitrogen and oxygen atoms in total. The van der Waals surface area contributed by atoms with Gasteiger partial charge in [0.1, 0.15) is 6.04 Å². The fourth-order valence-electron chi connectivity index (χ4n) is 2.73. The quantitative estimate of drug-likeness (QED) is 0.550. The van der Waals surface area contributed by atoms with Crippen LogP contribution >= 0.6 is 0 Å². The summed E-state index contributed by atoms with van der Waals surface area (Å²) in [6.45, 7) is 2.51. The summed E-state index contributed by atoms with van der Waals surface area (Å²) in [7, 11) is 0. The molecule has 6 heteroatoms. The highest BCUT2D eigenvalue weighted by Crippen LogP contribution is 2.19. The molecule has 0 heterocycles. The molecular formula is C22H26N2O4. The van der Waals surface area contributed by atoms with E-state index >= 15 is 0 Å². The van der Waals surface area contributed by atoms with E-state index in [1.165, 1.54) is 0 Å². The molecule has 2 amide bonds. The lowest BCUT2D eigenvalue weighted by atomic mass is 10.0. The zero-order valence-electron chi connectivity index (χ0n) is 16.0. The SMILES string of the molecule is CCCCNC(=O)[C@H](CCC(=O)O)NC(=O)c1ccc(-c2ccccc2)cc1. The Labute approximate surface area is 165 Å². The second-order valence-corrected chi connectivity index (χ2v) is 6.55. The van der Waals surface area contributed by atoms with Gasteiger partial charge < -0.3 is 15.7 Å². The molecule has 0 aliphatic carbocycles. The maximum atomic E-state index is 12.5. The zero-order chi connectivity index (χ0) is 20.4. The fourth-order valence-corrected chi connectivity index (χ4v) is 2.73. The third kappa shape index (κ3) is 6.54. The van der Waals surface area contributed by atoms with Gasteiger partial charge in [-0.1, -0.05) is 55.8 Å². The number of aliphatic carboxylic acids is 1. The summed E-state index contributed by atoms with van der Waals surface area (Å²) in [5.41, 5.74) is 2.45. The summed E-state index contributed by atoms with van der Waals surface area (Å²) >= 11 is 0. The van der Waals surface area contributed by atoms with Crippen molar-refractivity contribution in [3.8, 4) is 11.1 Å². The van der Waals surface area contributed by atoms with Crippen LogP contribution in [-0.4, -0.2) is 35.5 Å². The molecule has 0 bridgehead atoms. The molecule has 2 aromatic carbocycles. The molecule has 0 aliphatic rings. The van der Waals surface area contributed by atoms with Crippen LogP contribution in [0.15, 0.2) is 54.6 Å². The van der Waals surface area contributed by atoms with Gasteiger partial charge in [-0.25, -0.2) is 0 Å². The largest absolute Gasteiger partial charge is 0.481 e. The molecule has 0 unspecified atom stereocenters. The minimum absolute atomic E-state index is 0.0428. The first-order valence-corrected chi connectivity index (χ1v) is 9.47. The van der Waals surface area contributed by atoms with Crippen molar-refractivity contribution in [3.05, 3.63) is 60.2 Å². The van der Waals surface area contributed by atoms with Crippen LogP contribution < -0.4 is 10.6 Å². The van der Waals surface area contributed by atoms with E-state index < -0.39 is 17.9 Å². The number of carboxylic acid groups (broad SMARTS) is 1. The van der Waals surface area contributed by atoms with Gasteiger partial charge in [-0.2, -0.15) is 0 Å². The molecule has 0 aliphatic heterocycles. The van der Waals surface area contributed by atoms with Crippen LogP contribution in [0.25, 0.3) is 11.1 Å². The second-order valence-electron chi connectivity index (χ2n) is 6.55. The molecule has 0 fully saturated rings. The predicted molar refractivity (Wildman–Crippen MR) is 108 cm³/mol. The van der Waals surface area contributed by atoms with Crippen molar-refractivity contribution in [2.75, 3.05) is 6.54 Å². The van der Waals surface area contributed by atoms with Gasteiger partial charge in [0.2, 0.25) is 5.91 Å². The average molecular weight is 382 g/mol. The van der Waals surface area contributed by atoms with Crippen LogP contribution in [-0.2, 0) is 9.59 Å². The molecule has 0 radical (unpaired) electrons. The lowest BCUT2D eigenvalue weighted by Crippen LogP contribution is -2.47. The molecule has 148 valence electrons. The lowest BCUT2D eigenvalue weighted by molar-refractivity contribution is -0.137. The minimum atomic E-state index is -1.01.